The molecule has 1 heterocycles. The molecule has 0 saturated heterocycles. The van der Waals surface area contributed by atoms with Crippen LogP contribution < -0.4 is 10.2 Å². The van der Waals surface area contributed by atoms with Gasteiger partial charge in [0, 0.05) is 19.1 Å². The fourth-order valence-corrected chi connectivity index (χ4v) is 2.29. The topological polar surface area (TPSA) is 71.3 Å². The van der Waals surface area contributed by atoms with E-state index in [0.717, 1.165) is 31.6 Å². The van der Waals surface area contributed by atoms with Crippen LogP contribution in [0.5, 0.6) is 0 Å². The Morgan fingerprint density at radius 2 is 2.19 bits per heavy atom. The van der Waals surface area contributed by atoms with Crippen molar-refractivity contribution in [2.24, 2.45) is 5.92 Å². The molecule has 1 saturated carbocycles. The summed E-state index contributed by atoms with van der Waals surface area (Å²) in [6.45, 7) is 7.94. The lowest BCUT2D eigenvalue weighted by atomic mass is 10.1. The summed E-state index contributed by atoms with van der Waals surface area (Å²) in [5.74, 6) is 1.92. The van der Waals surface area contributed by atoms with Gasteiger partial charge in [0.05, 0.1) is 17.1 Å². The van der Waals surface area contributed by atoms with Crippen molar-refractivity contribution >= 4 is 17.3 Å². The number of pyridine rings is 1. The second-order valence-corrected chi connectivity index (χ2v) is 5.96. The maximum atomic E-state index is 11.1. The summed E-state index contributed by atoms with van der Waals surface area (Å²) < 4.78 is 0. The standard InChI is InChI=1S/C15H24N4O2/c1-4-16-14-9-13(19(20)21)10-15(17-14)18(12-5-6-12)8-7-11(2)3/h9-12H,4-8H2,1-3H3,(H,16,17). The number of aromatic nitrogens is 1. The van der Waals surface area contributed by atoms with Crippen LogP contribution in [0.25, 0.3) is 0 Å². The predicted molar refractivity (Wildman–Crippen MR) is 84.9 cm³/mol. The van der Waals surface area contributed by atoms with E-state index in [9.17, 15) is 10.1 Å². The van der Waals surface area contributed by atoms with Gasteiger partial charge in [-0.3, -0.25) is 10.1 Å². The first-order valence-electron chi connectivity index (χ1n) is 7.68. The van der Waals surface area contributed by atoms with Gasteiger partial charge in [0.25, 0.3) is 5.69 Å². The Morgan fingerprint density at radius 1 is 1.48 bits per heavy atom. The number of nitrogens with one attached hydrogen (secondary N) is 1. The molecule has 21 heavy (non-hydrogen) atoms. The molecule has 1 fully saturated rings. The van der Waals surface area contributed by atoms with Gasteiger partial charge in [-0.1, -0.05) is 13.8 Å². The molecule has 0 atom stereocenters. The quantitative estimate of drug-likeness (QED) is 0.587. The Hall–Kier alpha value is -1.85. The average molecular weight is 292 g/mol. The fraction of sp³-hybridized carbons (Fsp3) is 0.667. The Bertz CT molecular complexity index is 500. The molecule has 1 aliphatic rings. The molecule has 0 spiro atoms. The molecule has 0 aliphatic heterocycles. The minimum Gasteiger partial charge on any atom is -0.370 e. The highest BCUT2D eigenvalue weighted by Crippen LogP contribution is 2.33. The van der Waals surface area contributed by atoms with E-state index in [-0.39, 0.29) is 10.6 Å². The average Bonchev–Trinajstić information content (AvgIpc) is 3.23. The van der Waals surface area contributed by atoms with E-state index in [0.29, 0.717) is 24.3 Å². The van der Waals surface area contributed by atoms with Crippen molar-refractivity contribution in [1.82, 2.24) is 4.98 Å². The number of nitro groups is 1. The molecule has 0 unspecified atom stereocenters. The molecule has 2 rings (SSSR count). The van der Waals surface area contributed by atoms with Crippen LogP contribution in [-0.4, -0.2) is 29.0 Å². The van der Waals surface area contributed by atoms with Crippen molar-refractivity contribution in [1.29, 1.82) is 0 Å². The van der Waals surface area contributed by atoms with Crippen LogP contribution in [0, 0.1) is 16.0 Å². The summed E-state index contributed by atoms with van der Waals surface area (Å²) in [6.07, 6.45) is 3.37. The van der Waals surface area contributed by atoms with Crippen LogP contribution in [0.1, 0.15) is 40.0 Å². The Kier molecular flexibility index (Phi) is 4.98. The highest BCUT2D eigenvalue weighted by Gasteiger charge is 2.31. The summed E-state index contributed by atoms with van der Waals surface area (Å²) in [7, 11) is 0. The van der Waals surface area contributed by atoms with Crippen molar-refractivity contribution in [3.05, 3.63) is 22.2 Å². The SMILES string of the molecule is CCNc1cc([N+](=O)[O-])cc(N(CCC(C)C)C2CC2)n1. The van der Waals surface area contributed by atoms with E-state index in [4.69, 9.17) is 0 Å². The largest absolute Gasteiger partial charge is 0.370 e. The van der Waals surface area contributed by atoms with Gasteiger partial charge < -0.3 is 10.2 Å². The van der Waals surface area contributed by atoms with Crippen LogP contribution in [-0.2, 0) is 0 Å². The lowest BCUT2D eigenvalue weighted by Gasteiger charge is -2.24. The second-order valence-electron chi connectivity index (χ2n) is 5.96. The van der Waals surface area contributed by atoms with Crippen molar-refractivity contribution < 1.29 is 4.92 Å². The zero-order chi connectivity index (χ0) is 15.4. The van der Waals surface area contributed by atoms with Crippen LogP contribution in [0.15, 0.2) is 12.1 Å². The Morgan fingerprint density at radius 3 is 2.71 bits per heavy atom. The van der Waals surface area contributed by atoms with Crippen molar-refractivity contribution in [2.45, 2.75) is 46.1 Å². The van der Waals surface area contributed by atoms with Gasteiger partial charge in [-0.05, 0) is 32.1 Å². The van der Waals surface area contributed by atoms with E-state index in [2.05, 4.69) is 29.0 Å². The summed E-state index contributed by atoms with van der Waals surface area (Å²) in [6, 6.07) is 3.59. The fourth-order valence-electron chi connectivity index (χ4n) is 2.29. The molecule has 1 aliphatic carbocycles. The second kappa shape index (κ2) is 6.74. The van der Waals surface area contributed by atoms with Crippen molar-refractivity contribution in [3.8, 4) is 0 Å². The first kappa shape index (κ1) is 15.5. The third-order valence-electron chi connectivity index (χ3n) is 3.59. The minimum absolute atomic E-state index is 0.103. The molecule has 0 bridgehead atoms. The number of hydrogen-bond donors (Lipinski definition) is 1. The molecule has 1 aromatic heterocycles. The van der Waals surface area contributed by atoms with Gasteiger partial charge in [0.15, 0.2) is 0 Å². The lowest BCUT2D eigenvalue weighted by molar-refractivity contribution is -0.384. The van der Waals surface area contributed by atoms with Gasteiger partial charge in [-0.2, -0.15) is 0 Å². The zero-order valence-electron chi connectivity index (χ0n) is 13.0. The van der Waals surface area contributed by atoms with Gasteiger partial charge in [-0.25, -0.2) is 4.98 Å². The van der Waals surface area contributed by atoms with Crippen molar-refractivity contribution in [2.75, 3.05) is 23.3 Å². The molecular formula is C15H24N4O2. The van der Waals surface area contributed by atoms with Crippen LogP contribution >= 0.6 is 0 Å². The van der Waals surface area contributed by atoms with Crippen molar-refractivity contribution in [3.63, 3.8) is 0 Å². The van der Waals surface area contributed by atoms with Gasteiger partial charge in [0.2, 0.25) is 0 Å². The highest BCUT2D eigenvalue weighted by atomic mass is 16.6. The molecule has 0 radical (unpaired) electrons. The lowest BCUT2D eigenvalue weighted by Crippen LogP contribution is -2.28. The molecule has 116 valence electrons. The summed E-state index contributed by atoms with van der Waals surface area (Å²) in [4.78, 5) is 17.6. The monoisotopic (exact) mass is 292 g/mol. The zero-order valence-corrected chi connectivity index (χ0v) is 13.0. The first-order valence-corrected chi connectivity index (χ1v) is 7.68. The minimum atomic E-state index is -0.348. The van der Waals surface area contributed by atoms with Gasteiger partial charge in [-0.15, -0.1) is 0 Å². The van der Waals surface area contributed by atoms with Crippen LogP contribution in [0.3, 0.4) is 0 Å². The molecular weight excluding hydrogens is 268 g/mol. The molecule has 6 nitrogen and oxygen atoms in total. The number of nitrogens with zero attached hydrogens (tertiary/aromatic N) is 3. The van der Waals surface area contributed by atoms with Crippen LogP contribution in [0.2, 0.25) is 0 Å². The molecule has 6 heteroatoms. The highest BCUT2D eigenvalue weighted by molar-refractivity contribution is 5.56. The Labute approximate surface area is 125 Å². The summed E-state index contributed by atoms with van der Waals surface area (Å²) in [5, 5.41) is 14.2. The third kappa shape index (κ3) is 4.31. The smallest absolute Gasteiger partial charge is 0.276 e. The number of anilines is 2. The van der Waals surface area contributed by atoms with Gasteiger partial charge >= 0.3 is 0 Å². The van der Waals surface area contributed by atoms with E-state index in [1.165, 1.54) is 6.07 Å². The number of rotatable bonds is 8. The van der Waals surface area contributed by atoms with E-state index >= 15 is 0 Å². The summed E-state index contributed by atoms with van der Waals surface area (Å²) in [5.41, 5.74) is 0.103. The first-order chi connectivity index (χ1) is 10.0. The van der Waals surface area contributed by atoms with E-state index in [1.807, 2.05) is 6.92 Å². The van der Waals surface area contributed by atoms with E-state index in [1.54, 1.807) is 6.07 Å². The summed E-state index contributed by atoms with van der Waals surface area (Å²) >= 11 is 0. The third-order valence-corrected chi connectivity index (χ3v) is 3.59. The van der Waals surface area contributed by atoms with Gasteiger partial charge in [0.1, 0.15) is 11.6 Å². The maximum absolute atomic E-state index is 11.1. The molecule has 0 aromatic carbocycles. The molecule has 1 N–H and O–H groups in total. The predicted octanol–water partition coefficient (Wildman–Crippen LogP) is 3.44. The van der Waals surface area contributed by atoms with Crippen LogP contribution in [0.4, 0.5) is 17.3 Å². The number of hydrogen-bond acceptors (Lipinski definition) is 5. The molecule has 1 aromatic rings. The maximum Gasteiger partial charge on any atom is 0.276 e. The Balaban J connectivity index is 2.27. The normalized spacial score (nSPS) is 14.3. The van der Waals surface area contributed by atoms with E-state index < -0.39 is 0 Å². The molecule has 0 amide bonds.